The second-order valence-corrected chi connectivity index (χ2v) is 7.53. The van der Waals surface area contributed by atoms with Gasteiger partial charge in [0.1, 0.15) is 0 Å². The summed E-state index contributed by atoms with van der Waals surface area (Å²) in [5.41, 5.74) is 1.99. The zero-order chi connectivity index (χ0) is 21.6. The number of ether oxygens (including phenoxy) is 2. The largest absolute Gasteiger partial charge is 0.493 e. The van der Waals surface area contributed by atoms with Crippen molar-refractivity contribution < 1.29 is 27.8 Å². The first-order valence-corrected chi connectivity index (χ1v) is 9.16. The Morgan fingerprint density at radius 2 is 1.69 bits per heavy atom. The number of alkyl halides is 2. The third kappa shape index (κ3) is 6.27. The lowest BCUT2D eigenvalue weighted by Crippen LogP contribution is -2.32. The maximum Gasteiger partial charge on any atom is 0.387 e. The SMILES string of the molecule is COc1ccc(CCNC(=O)C(=O)c2ccc(C(C)(C)C)cc2)cc1OC(F)F. The van der Waals surface area contributed by atoms with Crippen molar-refractivity contribution in [1.82, 2.24) is 5.32 Å². The van der Waals surface area contributed by atoms with Crippen molar-refractivity contribution in [3.05, 3.63) is 59.2 Å². The lowest BCUT2D eigenvalue weighted by atomic mass is 9.86. The number of nitrogens with one attached hydrogen (secondary N) is 1. The Hall–Kier alpha value is -2.96. The van der Waals surface area contributed by atoms with Crippen molar-refractivity contribution in [3.63, 3.8) is 0 Å². The zero-order valence-electron chi connectivity index (χ0n) is 16.9. The number of hydrogen-bond donors (Lipinski definition) is 1. The number of halogens is 2. The van der Waals surface area contributed by atoms with Crippen LogP contribution in [0.3, 0.4) is 0 Å². The monoisotopic (exact) mass is 405 g/mol. The number of rotatable bonds is 8. The summed E-state index contributed by atoms with van der Waals surface area (Å²) in [6.07, 6.45) is 0.339. The highest BCUT2D eigenvalue weighted by Crippen LogP contribution is 2.29. The van der Waals surface area contributed by atoms with Gasteiger partial charge in [-0.05, 0) is 35.1 Å². The van der Waals surface area contributed by atoms with Crippen molar-refractivity contribution in [2.24, 2.45) is 0 Å². The van der Waals surface area contributed by atoms with E-state index in [0.29, 0.717) is 17.5 Å². The fourth-order valence-electron chi connectivity index (χ4n) is 2.72. The Labute approximate surface area is 169 Å². The molecule has 0 fully saturated rings. The van der Waals surface area contributed by atoms with Gasteiger partial charge >= 0.3 is 6.61 Å². The Morgan fingerprint density at radius 3 is 2.24 bits per heavy atom. The molecule has 0 saturated carbocycles. The summed E-state index contributed by atoms with van der Waals surface area (Å²) in [7, 11) is 1.35. The first kappa shape index (κ1) is 22.3. The van der Waals surface area contributed by atoms with E-state index in [1.165, 1.54) is 19.2 Å². The Bertz CT molecular complexity index is 858. The van der Waals surface area contributed by atoms with Gasteiger partial charge in [-0.15, -0.1) is 0 Å². The van der Waals surface area contributed by atoms with Gasteiger partial charge in [-0.1, -0.05) is 51.1 Å². The summed E-state index contributed by atoms with van der Waals surface area (Å²) in [6, 6.07) is 11.6. The maximum absolute atomic E-state index is 12.5. The lowest BCUT2D eigenvalue weighted by molar-refractivity contribution is -0.116. The summed E-state index contributed by atoms with van der Waals surface area (Å²) in [6.45, 7) is 3.39. The van der Waals surface area contributed by atoms with E-state index in [1.807, 2.05) is 12.1 Å². The summed E-state index contributed by atoms with van der Waals surface area (Å²) in [4.78, 5) is 24.4. The smallest absolute Gasteiger partial charge is 0.387 e. The van der Waals surface area contributed by atoms with Crippen LogP contribution in [0.2, 0.25) is 0 Å². The van der Waals surface area contributed by atoms with Crippen molar-refractivity contribution in [2.45, 2.75) is 39.2 Å². The van der Waals surface area contributed by atoms with Gasteiger partial charge in [0.05, 0.1) is 7.11 Å². The van der Waals surface area contributed by atoms with E-state index >= 15 is 0 Å². The van der Waals surface area contributed by atoms with Gasteiger partial charge < -0.3 is 14.8 Å². The molecule has 0 aliphatic rings. The van der Waals surface area contributed by atoms with Gasteiger partial charge in [-0.2, -0.15) is 8.78 Å². The molecule has 0 aromatic heterocycles. The molecule has 1 amide bonds. The van der Waals surface area contributed by atoms with Crippen LogP contribution in [0.1, 0.15) is 42.3 Å². The third-order valence-electron chi connectivity index (χ3n) is 4.36. The number of hydrogen-bond acceptors (Lipinski definition) is 4. The minimum Gasteiger partial charge on any atom is -0.493 e. The highest BCUT2D eigenvalue weighted by molar-refractivity contribution is 6.42. The average Bonchev–Trinajstić information content (AvgIpc) is 2.66. The lowest BCUT2D eigenvalue weighted by Gasteiger charge is -2.18. The molecule has 0 saturated heterocycles. The Morgan fingerprint density at radius 1 is 1.03 bits per heavy atom. The standard InChI is InChI=1S/C22H25F2NO4/c1-22(2,3)16-8-6-15(7-9-16)19(26)20(27)25-12-11-14-5-10-17(28-4)18(13-14)29-21(23)24/h5-10,13,21H,11-12H2,1-4H3,(H,25,27). The second-order valence-electron chi connectivity index (χ2n) is 7.53. The van der Waals surface area contributed by atoms with Crippen LogP contribution in [0, 0.1) is 0 Å². The summed E-state index contributed by atoms with van der Waals surface area (Å²) in [5.74, 6) is -1.23. The van der Waals surface area contributed by atoms with Crippen molar-refractivity contribution in [2.75, 3.05) is 13.7 Å². The molecule has 2 aromatic rings. The van der Waals surface area contributed by atoms with Crippen LogP contribution in [0.4, 0.5) is 8.78 Å². The molecular formula is C22H25F2NO4. The van der Waals surface area contributed by atoms with Crippen LogP contribution in [0.15, 0.2) is 42.5 Å². The number of ketones is 1. The maximum atomic E-state index is 12.5. The van der Waals surface area contributed by atoms with Crippen molar-refractivity contribution >= 4 is 11.7 Å². The van der Waals surface area contributed by atoms with E-state index in [2.05, 4.69) is 30.8 Å². The van der Waals surface area contributed by atoms with Crippen molar-refractivity contribution in [3.8, 4) is 11.5 Å². The molecule has 156 valence electrons. The minimum absolute atomic E-state index is 0.0465. The van der Waals surface area contributed by atoms with Gasteiger partial charge in [0.2, 0.25) is 5.78 Å². The highest BCUT2D eigenvalue weighted by Gasteiger charge is 2.18. The predicted octanol–water partition coefficient (Wildman–Crippen LogP) is 4.14. The molecule has 7 heteroatoms. The number of amides is 1. The Kier molecular flexibility index (Phi) is 7.31. The molecule has 0 unspecified atom stereocenters. The van der Waals surface area contributed by atoms with Crippen molar-refractivity contribution in [1.29, 1.82) is 0 Å². The first-order valence-electron chi connectivity index (χ1n) is 9.16. The molecule has 29 heavy (non-hydrogen) atoms. The molecule has 0 radical (unpaired) electrons. The van der Waals surface area contributed by atoms with Gasteiger partial charge in [0.15, 0.2) is 11.5 Å². The van der Waals surface area contributed by atoms with Crippen LogP contribution in [-0.2, 0) is 16.6 Å². The highest BCUT2D eigenvalue weighted by atomic mass is 19.3. The van der Waals surface area contributed by atoms with E-state index < -0.39 is 18.3 Å². The van der Waals surface area contributed by atoms with E-state index in [1.54, 1.807) is 18.2 Å². The van der Waals surface area contributed by atoms with Gasteiger partial charge in [-0.3, -0.25) is 9.59 Å². The summed E-state index contributed by atoms with van der Waals surface area (Å²) < 4.78 is 34.4. The van der Waals surface area contributed by atoms with Crippen LogP contribution in [0.25, 0.3) is 0 Å². The molecule has 0 aliphatic carbocycles. The predicted molar refractivity (Wildman–Crippen MR) is 106 cm³/mol. The molecule has 0 bridgehead atoms. The summed E-state index contributed by atoms with van der Waals surface area (Å²) in [5, 5.41) is 2.55. The molecule has 1 N–H and O–H groups in total. The zero-order valence-corrected chi connectivity index (χ0v) is 16.9. The number of carbonyl (C=O) groups is 2. The van der Waals surface area contributed by atoms with E-state index in [-0.39, 0.29) is 23.5 Å². The first-order chi connectivity index (χ1) is 13.6. The van der Waals surface area contributed by atoms with Crippen LogP contribution < -0.4 is 14.8 Å². The molecule has 2 rings (SSSR count). The molecule has 0 aliphatic heterocycles. The normalized spacial score (nSPS) is 11.3. The number of carbonyl (C=O) groups excluding carboxylic acids is 2. The molecule has 0 atom stereocenters. The molecule has 5 nitrogen and oxygen atoms in total. The van der Waals surface area contributed by atoms with Crippen LogP contribution in [0.5, 0.6) is 11.5 Å². The number of benzene rings is 2. The van der Waals surface area contributed by atoms with E-state index in [0.717, 1.165) is 5.56 Å². The quantitative estimate of drug-likeness (QED) is 0.530. The topological polar surface area (TPSA) is 64.6 Å². The van der Waals surface area contributed by atoms with Gasteiger partial charge in [0, 0.05) is 12.1 Å². The van der Waals surface area contributed by atoms with Gasteiger partial charge in [-0.25, -0.2) is 0 Å². The number of Topliss-reactive ketones (excluding diaryl/α,β-unsaturated/α-hetero) is 1. The molecule has 0 spiro atoms. The summed E-state index contributed by atoms with van der Waals surface area (Å²) >= 11 is 0. The third-order valence-corrected chi connectivity index (χ3v) is 4.36. The molecule has 0 heterocycles. The van der Waals surface area contributed by atoms with Crippen LogP contribution >= 0.6 is 0 Å². The van der Waals surface area contributed by atoms with Gasteiger partial charge in [0.25, 0.3) is 5.91 Å². The fourth-order valence-corrected chi connectivity index (χ4v) is 2.72. The van der Waals surface area contributed by atoms with Crippen LogP contribution in [-0.4, -0.2) is 32.0 Å². The number of methoxy groups -OCH3 is 1. The second kappa shape index (κ2) is 9.49. The minimum atomic E-state index is -2.97. The molecule has 2 aromatic carbocycles. The van der Waals surface area contributed by atoms with E-state index in [9.17, 15) is 18.4 Å². The molecular weight excluding hydrogens is 380 g/mol. The Balaban J connectivity index is 1.94. The van der Waals surface area contributed by atoms with E-state index in [4.69, 9.17) is 4.74 Å². The average molecular weight is 405 g/mol. The fraction of sp³-hybridized carbons (Fsp3) is 0.364.